The quantitative estimate of drug-likeness (QED) is 0.707. The van der Waals surface area contributed by atoms with Gasteiger partial charge in [-0.15, -0.1) is 21.5 Å². The Kier molecular flexibility index (Phi) is 5.29. The highest BCUT2D eigenvalue weighted by Crippen LogP contribution is 2.27. The number of amides is 1. The van der Waals surface area contributed by atoms with Crippen molar-refractivity contribution in [1.29, 1.82) is 0 Å². The summed E-state index contributed by atoms with van der Waals surface area (Å²) in [5.74, 6) is 1.01. The van der Waals surface area contributed by atoms with Gasteiger partial charge in [-0.25, -0.2) is 4.39 Å². The highest BCUT2D eigenvalue weighted by molar-refractivity contribution is 7.09. The van der Waals surface area contributed by atoms with Crippen molar-refractivity contribution in [3.05, 3.63) is 52.2 Å². The predicted octanol–water partition coefficient (Wildman–Crippen LogP) is 4.44. The van der Waals surface area contributed by atoms with E-state index in [1.165, 1.54) is 10.9 Å². The summed E-state index contributed by atoms with van der Waals surface area (Å²) in [6.07, 6.45) is 5.24. The number of halogens is 1. The molecule has 2 aromatic heterocycles. The van der Waals surface area contributed by atoms with Gasteiger partial charge in [0.25, 0.3) is 0 Å². The third-order valence-electron chi connectivity index (χ3n) is 4.78. The van der Waals surface area contributed by atoms with Crippen molar-refractivity contribution in [1.82, 2.24) is 14.8 Å². The number of thiophene rings is 1. The van der Waals surface area contributed by atoms with Crippen LogP contribution in [0.2, 0.25) is 0 Å². The Bertz CT molecular complexity index is 936. The Balaban J connectivity index is 1.52. The normalized spacial score (nSPS) is 13.8. The van der Waals surface area contributed by atoms with Gasteiger partial charge in [0.05, 0.1) is 5.56 Å². The lowest BCUT2D eigenvalue weighted by Gasteiger charge is -2.10. The maximum absolute atomic E-state index is 14.5. The summed E-state index contributed by atoms with van der Waals surface area (Å²) in [7, 11) is 0. The first-order valence-corrected chi connectivity index (χ1v) is 10.1. The molecule has 1 amide bonds. The van der Waals surface area contributed by atoms with E-state index in [4.69, 9.17) is 0 Å². The van der Waals surface area contributed by atoms with Gasteiger partial charge in [-0.1, -0.05) is 12.5 Å². The summed E-state index contributed by atoms with van der Waals surface area (Å²) in [6, 6.07) is 8.61. The molecule has 3 heterocycles. The van der Waals surface area contributed by atoms with Crippen LogP contribution in [0.25, 0.3) is 11.4 Å². The fourth-order valence-corrected chi connectivity index (χ4v) is 4.08. The van der Waals surface area contributed by atoms with E-state index >= 15 is 0 Å². The second kappa shape index (κ2) is 8.00. The van der Waals surface area contributed by atoms with Crippen LogP contribution in [0.1, 0.15) is 36.4 Å². The topological polar surface area (TPSA) is 59.8 Å². The minimum Gasteiger partial charge on any atom is -0.326 e. The maximum atomic E-state index is 14.5. The molecule has 27 heavy (non-hydrogen) atoms. The van der Waals surface area contributed by atoms with Crippen molar-refractivity contribution in [3.63, 3.8) is 0 Å². The van der Waals surface area contributed by atoms with Crippen molar-refractivity contribution in [2.24, 2.45) is 0 Å². The second-order valence-corrected chi connectivity index (χ2v) is 7.76. The van der Waals surface area contributed by atoms with Crippen LogP contribution in [-0.2, 0) is 24.2 Å². The molecule has 0 bridgehead atoms. The largest absolute Gasteiger partial charge is 0.326 e. The van der Waals surface area contributed by atoms with Gasteiger partial charge in [0.15, 0.2) is 5.82 Å². The third kappa shape index (κ3) is 4.08. The molecule has 3 aromatic rings. The van der Waals surface area contributed by atoms with Gasteiger partial charge < -0.3 is 9.88 Å². The molecular weight excluding hydrogens is 363 g/mol. The predicted molar refractivity (Wildman–Crippen MR) is 104 cm³/mol. The zero-order valence-corrected chi connectivity index (χ0v) is 15.8. The molecule has 1 N–H and O–H groups in total. The zero-order chi connectivity index (χ0) is 18.6. The number of rotatable bonds is 5. The molecule has 0 unspecified atom stereocenters. The van der Waals surface area contributed by atoms with Crippen LogP contribution in [0.3, 0.4) is 0 Å². The van der Waals surface area contributed by atoms with Gasteiger partial charge in [0, 0.05) is 30.0 Å². The number of carbonyl (C=O) groups excluding carboxylic acids is 1. The molecular formula is C20H21FN4OS. The summed E-state index contributed by atoms with van der Waals surface area (Å²) < 4.78 is 16.5. The number of benzene rings is 1. The molecule has 0 fully saturated rings. The average molecular weight is 384 g/mol. The Morgan fingerprint density at radius 2 is 2.15 bits per heavy atom. The van der Waals surface area contributed by atoms with Gasteiger partial charge in [0.2, 0.25) is 5.91 Å². The summed E-state index contributed by atoms with van der Waals surface area (Å²) in [6.45, 7) is 0.800. The first-order valence-electron chi connectivity index (χ1n) is 9.25. The van der Waals surface area contributed by atoms with E-state index in [2.05, 4.69) is 15.5 Å². The molecule has 0 saturated heterocycles. The van der Waals surface area contributed by atoms with E-state index in [0.717, 1.165) is 38.1 Å². The fraction of sp³-hybridized carbons (Fsp3) is 0.350. The van der Waals surface area contributed by atoms with Gasteiger partial charge in [0.1, 0.15) is 11.6 Å². The lowest BCUT2D eigenvalue weighted by molar-refractivity contribution is -0.116. The Labute approximate surface area is 161 Å². The molecule has 0 spiro atoms. The van der Waals surface area contributed by atoms with E-state index in [-0.39, 0.29) is 11.7 Å². The highest BCUT2D eigenvalue weighted by Gasteiger charge is 2.19. The number of hydrogen-bond acceptors (Lipinski definition) is 4. The average Bonchev–Trinajstić information content (AvgIpc) is 3.27. The summed E-state index contributed by atoms with van der Waals surface area (Å²) in [5, 5.41) is 13.3. The smallest absolute Gasteiger partial charge is 0.224 e. The molecule has 0 aliphatic carbocycles. The Morgan fingerprint density at radius 3 is 3.00 bits per heavy atom. The zero-order valence-electron chi connectivity index (χ0n) is 14.9. The van der Waals surface area contributed by atoms with Gasteiger partial charge in [-0.3, -0.25) is 4.79 Å². The van der Waals surface area contributed by atoms with Gasteiger partial charge >= 0.3 is 0 Å². The summed E-state index contributed by atoms with van der Waals surface area (Å²) >= 11 is 1.64. The number of aromatic nitrogens is 3. The van der Waals surface area contributed by atoms with Crippen LogP contribution in [0.5, 0.6) is 0 Å². The van der Waals surface area contributed by atoms with E-state index < -0.39 is 0 Å². The third-order valence-corrected chi connectivity index (χ3v) is 5.72. The van der Waals surface area contributed by atoms with Crippen molar-refractivity contribution in [2.75, 3.05) is 5.32 Å². The molecule has 4 rings (SSSR count). The lowest BCUT2D eigenvalue weighted by atomic mass is 10.1. The van der Waals surface area contributed by atoms with Gasteiger partial charge in [-0.2, -0.15) is 0 Å². The second-order valence-electron chi connectivity index (χ2n) is 6.72. The first kappa shape index (κ1) is 17.9. The standard InChI is InChI=1S/C20H21FN4OS/c21-17-9-7-14(22-19(26)10-8-15-5-4-12-27-15)13-16(17)20-24-23-18-6-2-1-3-11-25(18)20/h4-5,7,9,12-13H,1-3,6,8,10-11H2,(H,22,26). The molecule has 1 aromatic carbocycles. The van der Waals surface area contributed by atoms with Crippen molar-refractivity contribution in [3.8, 4) is 11.4 Å². The van der Waals surface area contributed by atoms with E-state index in [1.54, 1.807) is 23.5 Å². The summed E-state index contributed by atoms with van der Waals surface area (Å²) in [4.78, 5) is 13.4. The number of hydrogen-bond donors (Lipinski definition) is 1. The van der Waals surface area contributed by atoms with Crippen LogP contribution in [-0.4, -0.2) is 20.7 Å². The minimum absolute atomic E-state index is 0.0824. The molecule has 5 nitrogen and oxygen atoms in total. The lowest BCUT2D eigenvalue weighted by Crippen LogP contribution is -2.12. The Morgan fingerprint density at radius 1 is 1.22 bits per heavy atom. The van der Waals surface area contributed by atoms with Crippen LogP contribution in [0.15, 0.2) is 35.7 Å². The van der Waals surface area contributed by atoms with Crippen LogP contribution >= 0.6 is 11.3 Å². The molecule has 0 saturated carbocycles. The van der Waals surface area contributed by atoms with Crippen LogP contribution in [0, 0.1) is 5.82 Å². The SMILES string of the molecule is O=C(CCc1cccs1)Nc1ccc(F)c(-c2nnc3n2CCCCC3)c1. The number of nitrogens with zero attached hydrogens (tertiary/aromatic N) is 3. The number of anilines is 1. The number of nitrogens with one attached hydrogen (secondary N) is 1. The van der Waals surface area contributed by atoms with Crippen molar-refractivity contribution >= 4 is 22.9 Å². The monoisotopic (exact) mass is 384 g/mol. The number of aryl methyl sites for hydroxylation is 2. The molecule has 7 heteroatoms. The van der Waals surface area contributed by atoms with Crippen LogP contribution < -0.4 is 5.32 Å². The van der Waals surface area contributed by atoms with E-state index in [0.29, 0.717) is 29.9 Å². The molecule has 0 radical (unpaired) electrons. The van der Waals surface area contributed by atoms with Crippen molar-refractivity contribution < 1.29 is 9.18 Å². The Hall–Kier alpha value is -2.54. The molecule has 140 valence electrons. The fourth-order valence-electron chi connectivity index (χ4n) is 3.37. The summed E-state index contributed by atoms with van der Waals surface area (Å²) in [5.41, 5.74) is 0.959. The van der Waals surface area contributed by atoms with E-state index in [1.807, 2.05) is 22.1 Å². The van der Waals surface area contributed by atoms with Gasteiger partial charge in [-0.05, 0) is 48.9 Å². The minimum atomic E-state index is -0.356. The van der Waals surface area contributed by atoms with Crippen LogP contribution in [0.4, 0.5) is 10.1 Å². The molecule has 1 aliphatic rings. The number of fused-ring (bicyclic) bond motifs is 1. The molecule has 1 aliphatic heterocycles. The highest BCUT2D eigenvalue weighted by atomic mass is 32.1. The molecule has 0 atom stereocenters. The van der Waals surface area contributed by atoms with Crippen molar-refractivity contribution in [2.45, 2.75) is 45.1 Å². The maximum Gasteiger partial charge on any atom is 0.224 e. The number of carbonyl (C=O) groups is 1. The van der Waals surface area contributed by atoms with E-state index in [9.17, 15) is 9.18 Å². The first-order chi connectivity index (χ1) is 13.2.